The van der Waals surface area contributed by atoms with Gasteiger partial charge in [-0.2, -0.15) is 0 Å². The molecule has 0 radical (unpaired) electrons. The van der Waals surface area contributed by atoms with Gasteiger partial charge in [0, 0.05) is 0 Å². The third-order valence-corrected chi connectivity index (χ3v) is 16.7. The van der Waals surface area contributed by atoms with Gasteiger partial charge in [0.1, 0.15) is 6.10 Å². The van der Waals surface area contributed by atoms with Crippen LogP contribution in [0.1, 0.15) is 302 Å². The highest BCUT2D eigenvalue weighted by Crippen LogP contribution is 2.35. The average molecular weight is 1070 g/mol. The van der Waals surface area contributed by atoms with Crippen LogP contribution in [0.15, 0.2) is 0 Å². The third kappa shape index (κ3) is 38.9. The van der Waals surface area contributed by atoms with Gasteiger partial charge >= 0.3 is 0 Å². The van der Waals surface area contributed by atoms with Crippen LogP contribution in [0.3, 0.4) is 0 Å². The van der Waals surface area contributed by atoms with E-state index in [1.165, 1.54) is 6.92 Å². The second kappa shape index (κ2) is 31.4. The number of rotatable bonds is 46. The lowest BCUT2D eigenvalue weighted by Crippen LogP contribution is -2.42. The molecule has 0 aliphatic carbocycles. The summed E-state index contributed by atoms with van der Waals surface area (Å²) in [6, 6.07) is 0. The maximum absolute atomic E-state index is 11.2. The molecule has 0 aromatic rings. The average Bonchev–Trinajstić information content (AvgIpc) is 3.18. The summed E-state index contributed by atoms with van der Waals surface area (Å²) >= 11 is 0. The first-order valence-corrected chi connectivity index (χ1v) is 29.2. The van der Waals surface area contributed by atoms with Gasteiger partial charge < -0.3 is 71.5 Å². The molecule has 446 valence electrons. The Bertz CT molecular complexity index is 1470. The molecule has 0 rings (SSSR count). The van der Waals surface area contributed by atoms with Crippen molar-refractivity contribution in [2.24, 2.45) is 0 Å². The second-order valence-corrected chi connectivity index (χ2v) is 28.2. The highest BCUT2D eigenvalue weighted by molar-refractivity contribution is 4.87. The van der Waals surface area contributed by atoms with Crippen molar-refractivity contribution in [2.45, 2.75) is 375 Å². The van der Waals surface area contributed by atoms with E-state index in [4.69, 9.17) is 5.11 Å². The topological polar surface area (TPSA) is 283 Å². The van der Waals surface area contributed by atoms with Crippen molar-refractivity contribution < 1.29 is 71.5 Å². The van der Waals surface area contributed by atoms with E-state index in [1.807, 2.05) is 27.7 Å². The van der Waals surface area contributed by atoms with E-state index < -0.39 is 79.9 Å². The van der Waals surface area contributed by atoms with Gasteiger partial charge in [0.05, 0.1) is 73.8 Å². The van der Waals surface area contributed by atoms with E-state index in [9.17, 15) is 66.4 Å². The van der Waals surface area contributed by atoms with E-state index >= 15 is 0 Å². The summed E-state index contributed by atoms with van der Waals surface area (Å²) in [5, 5.41) is 150. The fourth-order valence-corrected chi connectivity index (χ4v) is 11.0. The van der Waals surface area contributed by atoms with E-state index in [0.29, 0.717) is 199 Å². The minimum Gasteiger partial charge on any atom is -0.394 e. The van der Waals surface area contributed by atoms with Crippen molar-refractivity contribution in [3.63, 3.8) is 0 Å². The van der Waals surface area contributed by atoms with Crippen LogP contribution < -0.4 is 0 Å². The molecule has 0 heterocycles. The Hall–Kier alpha value is -0.560. The Balaban J connectivity index is 4.48. The molecule has 0 aromatic carbocycles. The fraction of sp³-hybridized carbons (Fsp3) is 1.00. The Morgan fingerprint density at radius 2 is 0.338 bits per heavy atom. The van der Waals surface area contributed by atoms with E-state index in [0.717, 1.165) is 6.42 Å². The molecule has 0 aliphatic rings. The summed E-state index contributed by atoms with van der Waals surface area (Å²) < 4.78 is 0. The highest BCUT2D eigenvalue weighted by atomic mass is 16.4. The molecule has 14 nitrogen and oxygen atoms in total. The Morgan fingerprint density at radius 1 is 0.216 bits per heavy atom. The van der Waals surface area contributed by atoms with Crippen LogP contribution in [-0.4, -0.2) is 151 Å². The summed E-state index contributed by atoms with van der Waals surface area (Å²) in [6.45, 7) is 22.4. The van der Waals surface area contributed by atoms with Crippen molar-refractivity contribution >= 4 is 0 Å². The molecule has 0 aliphatic heterocycles. The van der Waals surface area contributed by atoms with Gasteiger partial charge in [-0.25, -0.2) is 0 Å². The SMILES string of the molecule is CC(C)(O)CCC[C@@](C)(O)CCC[C@@](C)(O)CCC[C@@](C)(O)CCC[C@@](C)(O)CCC[C@@](C)(O)CCC[C@@](C)(O)CCC[C@@](C)(O)CCC[C@@](C)(O)CCC[C@@](C)(O)CCC[C@@](C)(O)CCC[C@@](C)(O)[C@H](O)CO. The van der Waals surface area contributed by atoms with Crippen molar-refractivity contribution in [1.29, 1.82) is 0 Å². The van der Waals surface area contributed by atoms with Gasteiger partial charge in [-0.1, -0.05) is 0 Å². The molecule has 12 atom stereocenters. The van der Waals surface area contributed by atoms with Crippen molar-refractivity contribution in [2.75, 3.05) is 6.61 Å². The quantitative estimate of drug-likeness (QED) is 0.0271. The molecule has 0 saturated carbocycles. The van der Waals surface area contributed by atoms with Crippen molar-refractivity contribution in [3.8, 4) is 0 Å². The molecular formula is C60H122O14. The highest BCUT2D eigenvalue weighted by Gasteiger charge is 2.34. The molecule has 0 spiro atoms. The fourth-order valence-electron chi connectivity index (χ4n) is 11.0. The minimum atomic E-state index is -1.43. The standard InChI is InChI=1S/C60H122O14/c1-49(2,63)25-14-26-50(3,64)27-15-28-51(4,65)29-16-30-52(5,66)31-17-32-53(6,67)33-18-34-54(7,68)35-19-36-55(8,69)37-20-38-56(9,70)39-21-40-57(10,71)41-22-42-58(11,72)43-23-44-59(12,73)45-24-46-60(13,74)48(62)47-61/h48,61-74H,14-47H2,1-13H3/t48-,50-,51-,52-,53-,54-,55-,56-,57-,58-,59-,60-/m1/s1. The Morgan fingerprint density at radius 3 is 0.459 bits per heavy atom. The van der Waals surface area contributed by atoms with Crippen molar-refractivity contribution in [1.82, 2.24) is 0 Å². The Labute approximate surface area is 451 Å². The molecule has 0 saturated heterocycles. The zero-order valence-corrected chi connectivity index (χ0v) is 49.9. The van der Waals surface area contributed by atoms with Gasteiger partial charge in [0.2, 0.25) is 0 Å². The van der Waals surface area contributed by atoms with E-state index in [1.54, 1.807) is 55.4 Å². The summed E-state index contributed by atoms with van der Waals surface area (Å²) in [4.78, 5) is 0. The van der Waals surface area contributed by atoms with E-state index in [-0.39, 0.29) is 6.42 Å². The van der Waals surface area contributed by atoms with Gasteiger partial charge in [0.25, 0.3) is 0 Å². The van der Waals surface area contributed by atoms with Crippen LogP contribution in [0, 0.1) is 0 Å². The first-order chi connectivity index (χ1) is 33.3. The normalized spacial score (nSPS) is 22.3. The smallest absolute Gasteiger partial charge is 0.105 e. The summed E-state index contributed by atoms with van der Waals surface area (Å²) in [7, 11) is 0. The molecule has 0 amide bonds. The summed E-state index contributed by atoms with van der Waals surface area (Å²) in [5.41, 5.74) is -11.5. The maximum atomic E-state index is 11.2. The largest absolute Gasteiger partial charge is 0.394 e. The van der Waals surface area contributed by atoms with Crippen LogP contribution in [0.2, 0.25) is 0 Å². The first kappa shape index (κ1) is 73.4. The minimum absolute atomic E-state index is 0.241. The number of hydrogen-bond acceptors (Lipinski definition) is 14. The lowest BCUT2D eigenvalue weighted by Gasteiger charge is -2.31. The van der Waals surface area contributed by atoms with Crippen LogP contribution in [0.4, 0.5) is 0 Å². The van der Waals surface area contributed by atoms with Gasteiger partial charge in [-0.3, -0.25) is 0 Å². The zero-order valence-electron chi connectivity index (χ0n) is 49.9. The van der Waals surface area contributed by atoms with Gasteiger partial charge in [-0.15, -0.1) is 0 Å². The molecule has 74 heavy (non-hydrogen) atoms. The maximum Gasteiger partial charge on any atom is 0.105 e. The molecular weight excluding hydrogens is 945 g/mol. The van der Waals surface area contributed by atoms with E-state index in [2.05, 4.69) is 0 Å². The predicted molar refractivity (Wildman–Crippen MR) is 299 cm³/mol. The lowest BCUT2D eigenvalue weighted by molar-refractivity contribution is -0.0908. The Kier molecular flexibility index (Phi) is 31.2. The number of aliphatic hydroxyl groups excluding tert-OH is 2. The summed E-state index contributed by atoms with van der Waals surface area (Å²) in [5.74, 6) is 0. The predicted octanol–water partition coefficient (Wildman–Crippen LogP) is 9.24. The molecule has 14 heteroatoms. The van der Waals surface area contributed by atoms with Crippen LogP contribution in [-0.2, 0) is 0 Å². The summed E-state index contributed by atoms with van der Waals surface area (Å²) in [6.07, 6.45) is 16.8. The molecule has 0 fully saturated rings. The molecule has 0 bridgehead atoms. The van der Waals surface area contributed by atoms with Gasteiger partial charge in [0.15, 0.2) is 0 Å². The number of aliphatic hydroxyl groups is 14. The van der Waals surface area contributed by atoms with Crippen LogP contribution >= 0.6 is 0 Å². The molecule has 0 unspecified atom stereocenters. The third-order valence-electron chi connectivity index (χ3n) is 16.7. The second-order valence-electron chi connectivity index (χ2n) is 28.2. The molecule has 0 aromatic heterocycles. The first-order valence-electron chi connectivity index (χ1n) is 29.2. The zero-order chi connectivity index (χ0) is 57.6. The molecule has 14 N–H and O–H groups in total. The lowest BCUT2D eigenvalue weighted by atomic mass is 9.83. The van der Waals surface area contributed by atoms with Crippen LogP contribution in [0.5, 0.6) is 0 Å². The van der Waals surface area contributed by atoms with Crippen molar-refractivity contribution in [3.05, 3.63) is 0 Å². The van der Waals surface area contributed by atoms with Crippen LogP contribution in [0.25, 0.3) is 0 Å². The van der Waals surface area contributed by atoms with Gasteiger partial charge in [-0.05, 0) is 302 Å². The number of hydrogen-bond donors (Lipinski definition) is 14. The monoisotopic (exact) mass is 1070 g/mol.